The van der Waals surface area contributed by atoms with Gasteiger partial charge in [0.25, 0.3) is 5.09 Å². The summed E-state index contributed by atoms with van der Waals surface area (Å²) >= 11 is 0. The smallest absolute Gasteiger partial charge is 0.313 e. The Labute approximate surface area is 151 Å². The van der Waals surface area contributed by atoms with E-state index in [1.165, 1.54) is 13.0 Å². The fourth-order valence-electron chi connectivity index (χ4n) is 2.25. The molecule has 7 nitrogen and oxygen atoms in total. The zero-order valence-electron chi connectivity index (χ0n) is 17.7. The molecule has 0 aliphatic rings. The van der Waals surface area contributed by atoms with Crippen LogP contribution in [-0.4, -0.2) is 31.3 Å². The van der Waals surface area contributed by atoms with Crippen molar-refractivity contribution in [1.29, 1.82) is 0 Å². The summed E-state index contributed by atoms with van der Waals surface area (Å²) in [7, 11) is -2.55. The van der Waals surface area contributed by atoms with Gasteiger partial charge in [-0.2, -0.15) is 0 Å². The van der Waals surface area contributed by atoms with Crippen LogP contribution in [0.25, 0.3) is 10.8 Å². The lowest BCUT2D eigenvalue weighted by atomic mass is 9.98. The molecule has 0 fully saturated rings. The zero-order valence-corrected chi connectivity index (χ0v) is 13.7. The van der Waals surface area contributed by atoms with E-state index in [1.807, 2.05) is 0 Å². The van der Waals surface area contributed by atoms with Crippen LogP contribution in [0.5, 0.6) is 5.75 Å². The Hall–Kier alpha value is -2.83. The van der Waals surface area contributed by atoms with Gasteiger partial charge in [0.15, 0.2) is 0 Å². The molecule has 1 atom stereocenters. The molecule has 0 heterocycles. The third-order valence-electron chi connectivity index (χ3n) is 3.64. The van der Waals surface area contributed by atoms with E-state index in [4.69, 9.17) is 15.0 Å². The molecule has 2 aromatic rings. The highest BCUT2D eigenvalue weighted by Crippen LogP contribution is 2.25. The molecule has 0 bridgehead atoms. The van der Waals surface area contributed by atoms with Crippen molar-refractivity contribution in [3.63, 3.8) is 0 Å². The van der Waals surface area contributed by atoms with Crippen LogP contribution in [0.4, 0.5) is 0 Å². The van der Waals surface area contributed by atoms with Crippen molar-refractivity contribution in [2.24, 2.45) is 0 Å². The highest BCUT2D eigenvalue weighted by molar-refractivity contribution is 5.86. The monoisotopic (exact) mass is 351 g/mol. The first-order valence-corrected chi connectivity index (χ1v) is 7.67. The third kappa shape index (κ3) is 5.34. The van der Waals surface area contributed by atoms with Gasteiger partial charge in [-0.3, -0.25) is 4.79 Å². The van der Waals surface area contributed by atoms with Gasteiger partial charge in [0.2, 0.25) is 0 Å². The molecule has 134 valence electrons. The largest absolute Gasteiger partial charge is 0.497 e. The number of unbranched alkanes of at least 4 members (excludes halogenated alkanes) is 1. The first-order chi connectivity index (χ1) is 13.5. The maximum atomic E-state index is 12.3. The second kappa shape index (κ2) is 8.86. The number of nitrogens with zero attached hydrogens (tertiary/aromatic N) is 1. The van der Waals surface area contributed by atoms with Crippen LogP contribution >= 0.6 is 0 Å². The first-order valence-electron chi connectivity index (χ1n) is 9.67. The number of carbonyl (C=O) groups excluding carboxylic acids is 1. The number of hydrogen-bond donors (Lipinski definition) is 0. The van der Waals surface area contributed by atoms with Crippen molar-refractivity contribution in [2.45, 2.75) is 25.7 Å². The highest BCUT2D eigenvalue weighted by Gasteiger charge is 2.17. The normalized spacial score (nSPS) is 15.9. The van der Waals surface area contributed by atoms with Gasteiger partial charge in [0, 0.05) is 1.37 Å². The summed E-state index contributed by atoms with van der Waals surface area (Å²) in [6.45, 7) is 1.36. The van der Waals surface area contributed by atoms with Crippen LogP contribution in [0.1, 0.15) is 36.7 Å². The molecule has 2 aromatic carbocycles. The van der Waals surface area contributed by atoms with Gasteiger partial charge in [-0.05, 0) is 48.2 Å². The Kier molecular flexibility index (Phi) is 4.77. The van der Waals surface area contributed by atoms with E-state index in [0.717, 1.165) is 0 Å². The summed E-state index contributed by atoms with van der Waals surface area (Å²) in [5, 5.41) is 10.6. The lowest BCUT2D eigenvalue weighted by Crippen LogP contribution is -2.14. The fourth-order valence-corrected chi connectivity index (χ4v) is 2.25. The minimum atomic E-state index is -2.55. The molecule has 0 amide bonds. The molecule has 0 N–H and O–H groups in total. The van der Waals surface area contributed by atoms with Gasteiger partial charge in [-0.25, -0.2) is 0 Å². The minimum Gasteiger partial charge on any atom is -0.497 e. The van der Waals surface area contributed by atoms with E-state index in [1.54, 1.807) is 30.3 Å². The molecular formula is C18H21NO6. The summed E-state index contributed by atoms with van der Waals surface area (Å²) in [6, 6.07) is 9.65. The molecule has 0 aliphatic carbocycles. The molecular weight excluding hydrogens is 326 g/mol. The summed E-state index contributed by atoms with van der Waals surface area (Å²) in [4.78, 5) is 26.5. The highest BCUT2D eigenvalue weighted by atomic mass is 16.9. The molecule has 0 aliphatic heterocycles. The topological polar surface area (TPSA) is 87.9 Å². The number of ether oxygens (including phenoxy) is 2. The van der Waals surface area contributed by atoms with E-state index in [-0.39, 0.29) is 19.0 Å². The molecule has 0 saturated heterocycles. The SMILES string of the molecule is [2H]C([2H])([2H])Oc1ccc2cc([C@]([2H])(C)C(=O)OCCCCO[N+](=O)[O-])ccc2c1. The maximum Gasteiger partial charge on any atom is 0.313 e. The molecule has 0 unspecified atom stereocenters. The number of hydrogen-bond acceptors (Lipinski definition) is 6. The summed E-state index contributed by atoms with van der Waals surface area (Å²) in [6.07, 6.45) is 0.721. The molecule has 2 rings (SSSR count). The number of carbonyl (C=O) groups is 1. The predicted molar refractivity (Wildman–Crippen MR) is 92.1 cm³/mol. The third-order valence-corrected chi connectivity index (χ3v) is 3.64. The Morgan fingerprint density at radius 2 is 1.96 bits per heavy atom. The number of benzene rings is 2. The van der Waals surface area contributed by atoms with Gasteiger partial charge >= 0.3 is 5.97 Å². The van der Waals surface area contributed by atoms with Crippen molar-refractivity contribution in [3.05, 3.63) is 52.1 Å². The quantitative estimate of drug-likeness (QED) is 0.297. The summed E-state index contributed by atoms with van der Waals surface area (Å²) in [5.41, 5.74) is 0.413. The van der Waals surface area contributed by atoms with E-state index in [9.17, 15) is 14.9 Å². The van der Waals surface area contributed by atoms with Gasteiger partial charge < -0.3 is 14.3 Å². The molecule has 7 heteroatoms. The first kappa shape index (κ1) is 13.5. The number of fused-ring (bicyclic) bond motifs is 1. The lowest BCUT2D eigenvalue weighted by molar-refractivity contribution is -0.757. The van der Waals surface area contributed by atoms with Crippen LogP contribution < -0.4 is 4.74 Å². The second-order valence-electron chi connectivity index (χ2n) is 5.35. The second-order valence-corrected chi connectivity index (χ2v) is 5.35. The maximum absolute atomic E-state index is 12.3. The van der Waals surface area contributed by atoms with Crippen molar-refractivity contribution in [2.75, 3.05) is 20.3 Å². The van der Waals surface area contributed by atoms with E-state index in [0.29, 0.717) is 29.2 Å². The molecule has 0 radical (unpaired) electrons. The summed E-state index contributed by atoms with van der Waals surface area (Å²) < 4.78 is 39.8. The van der Waals surface area contributed by atoms with Crippen molar-refractivity contribution >= 4 is 16.7 Å². The Morgan fingerprint density at radius 1 is 1.24 bits per heavy atom. The number of esters is 1. The van der Waals surface area contributed by atoms with Crippen molar-refractivity contribution < 1.29 is 29.7 Å². The average Bonchev–Trinajstić information content (AvgIpc) is 2.62. The minimum absolute atomic E-state index is 0.0256. The molecule has 25 heavy (non-hydrogen) atoms. The Bertz CT molecular complexity index is 884. The van der Waals surface area contributed by atoms with Crippen LogP contribution in [0.2, 0.25) is 0 Å². The van der Waals surface area contributed by atoms with E-state index in [2.05, 4.69) is 4.84 Å². The molecule has 0 saturated carbocycles. The van der Waals surface area contributed by atoms with Gasteiger partial charge in [-0.1, -0.05) is 24.3 Å². The Morgan fingerprint density at radius 3 is 2.72 bits per heavy atom. The van der Waals surface area contributed by atoms with Crippen LogP contribution in [0.15, 0.2) is 36.4 Å². The standard InChI is InChI=1S/C18H21NO6/c1-13(18(20)24-9-3-4-10-25-19(21)22)14-5-6-16-12-17(23-2)8-7-15(16)11-14/h5-8,11-13H,3-4,9-10H2,1-2H3/t13-/m0/s1/i2D3,13D. The van der Waals surface area contributed by atoms with Crippen LogP contribution in [0.3, 0.4) is 0 Å². The van der Waals surface area contributed by atoms with Crippen molar-refractivity contribution in [3.8, 4) is 5.75 Å². The van der Waals surface area contributed by atoms with Gasteiger partial charge in [-0.15, -0.1) is 10.1 Å². The van der Waals surface area contributed by atoms with Gasteiger partial charge in [0.05, 0.1) is 30.3 Å². The van der Waals surface area contributed by atoms with Crippen molar-refractivity contribution in [1.82, 2.24) is 0 Å². The molecule has 0 aromatic heterocycles. The average molecular weight is 351 g/mol. The lowest BCUT2D eigenvalue weighted by Gasteiger charge is -2.13. The van der Waals surface area contributed by atoms with Crippen LogP contribution in [-0.2, 0) is 14.4 Å². The number of methoxy groups -OCH3 is 1. The van der Waals surface area contributed by atoms with E-state index >= 15 is 0 Å². The predicted octanol–water partition coefficient (Wildman–Crippen LogP) is 3.48. The summed E-state index contributed by atoms with van der Waals surface area (Å²) in [5.74, 6) is -2.20. The Balaban J connectivity index is 2.02. The zero-order chi connectivity index (χ0) is 21.7. The van der Waals surface area contributed by atoms with Gasteiger partial charge in [0.1, 0.15) is 5.75 Å². The van der Waals surface area contributed by atoms with Crippen LogP contribution in [0, 0.1) is 10.1 Å². The number of rotatable bonds is 9. The van der Waals surface area contributed by atoms with E-state index < -0.39 is 24.0 Å². The molecule has 0 spiro atoms. The fraction of sp³-hybridized carbons (Fsp3) is 0.389.